The first kappa shape index (κ1) is 35.4. The minimum absolute atomic E-state index is 0.0784. The molecule has 8 nitrogen and oxygen atoms in total. The minimum atomic E-state index is -0.490. The Balaban J connectivity index is 1.40. The van der Waals surface area contributed by atoms with Gasteiger partial charge in [-0.2, -0.15) is 0 Å². The van der Waals surface area contributed by atoms with E-state index < -0.39 is 11.9 Å². The molecule has 0 N–H and O–H groups in total. The number of hydrogen-bond acceptors (Lipinski definition) is 8. The first-order valence-corrected chi connectivity index (χ1v) is 16.1. The van der Waals surface area contributed by atoms with Crippen molar-refractivity contribution in [1.29, 1.82) is 0 Å². The predicted octanol–water partition coefficient (Wildman–Crippen LogP) is 7.63. The number of Topliss-reactive ketones (excluding diaryl/α,β-unsaturated/α-hetero) is 2. The van der Waals surface area contributed by atoms with E-state index in [1.165, 1.54) is 19.5 Å². The van der Waals surface area contributed by atoms with Crippen molar-refractivity contribution in [2.45, 2.75) is 27.7 Å². The van der Waals surface area contributed by atoms with Crippen molar-refractivity contribution >= 4 is 47.0 Å². The fraction of sp³-hybridized carbons (Fsp3) is 0.250. The standard InChI is InChI=1S/C40H42N2O6/c1-5-41(6-2)37-21-9-31(10-22-37)7-8-32-11-23-38(24-12-32)42(25-27-47-39(45)35-17-13-33(14-18-35)29(3)43)26-28-48-40(46)36-19-15-34(16-20-36)30(4)44/h7-24H,5-6,25-28H2,1-4H3/b8-7+. The average Bonchev–Trinajstić information content (AvgIpc) is 3.11. The summed E-state index contributed by atoms with van der Waals surface area (Å²) in [7, 11) is 0. The first-order chi connectivity index (χ1) is 23.2. The maximum Gasteiger partial charge on any atom is 0.338 e. The fourth-order valence-corrected chi connectivity index (χ4v) is 5.09. The fourth-order valence-electron chi connectivity index (χ4n) is 5.09. The zero-order valence-electron chi connectivity index (χ0n) is 28.0. The van der Waals surface area contributed by atoms with Crippen LogP contribution >= 0.6 is 0 Å². The monoisotopic (exact) mass is 646 g/mol. The maximum absolute atomic E-state index is 12.7. The number of ether oxygens (including phenoxy) is 2. The van der Waals surface area contributed by atoms with E-state index in [-0.39, 0.29) is 24.8 Å². The number of anilines is 2. The zero-order valence-corrected chi connectivity index (χ0v) is 28.0. The molecule has 0 radical (unpaired) electrons. The van der Waals surface area contributed by atoms with Gasteiger partial charge in [0.25, 0.3) is 0 Å². The van der Waals surface area contributed by atoms with Gasteiger partial charge in [-0.1, -0.05) is 60.7 Å². The van der Waals surface area contributed by atoms with Crippen LogP contribution in [0.4, 0.5) is 11.4 Å². The first-order valence-electron chi connectivity index (χ1n) is 16.1. The number of carbonyl (C=O) groups excluding carboxylic acids is 4. The van der Waals surface area contributed by atoms with Crippen LogP contribution in [0.1, 0.15) is 80.3 Å². The topological polar surface area (TPSA) is 93.2 Å². The van der Waals surface area contributed by atoms with Crippen molar-refractivity contribution in [3.05, 3.63) is 130 Å². The van der Waals surface area contributed by atoms with Gasteiger partial charge in [0.05, 0.1) is 24.2 Å². The molecule has 48 heavy (non-hydrogen) atoms. The Morgan fingerprint density at radius 3 is 1.17 bits per heavy atom. The van der Waals surface area contributed by atoms with Crippen molar-refractivity contribution in [3.63, 3.8) is 0 Å². The SMILES string of the molecule is CCN(CC)c1ccc(/C=C/c2ccc(N(CCOC(=O)c3ccc(C(C)=O)cc3)CCOC(=O)c3ccc(C(C)=O)cc3)cc2)cc1. The predicted molar refractivity (Wildman–Crippen MR) is 191 cm³/mol. The normalized spacial score (nSPS) is 10.8. The summed E-state index contributed by atoms with van der Waals surface area (Å²) in [6.45, 7) is 10.1. The molecule has 0 aliphatic rings. The third kappa shape index (κ3) is 10.00. The lowest BCUT2D eigenvalue weighted by Crippen LogP contribution is -2.32. The van der Waals surface area contributed by atoms with Gasteiger partial charge in [-0.05, 0) is 87.4 Å². The molecule has 0 aliphatic heterocycles. The molecule has 0 heterocycles. The Kier molecular flexibility index (Phi) is 12.8. The van der Waals surface area contributed by atoms with E-state index in [1.807, 2.05) is 29.2 Å². The van der Waals surface area contributed by atoms with Crippen LogP contribution in [0.5, 0.6) is 0 Å². The van der Waals surface area contributed by atoms with Crippen LogP contribution in [-0.2, 0) is 9.47 Å². The van der Waals surface area contributed by atoms with Gasteiger partial charge in [0.1, 0.15) is 13.2 Å². The van der Waals surface area contributed by atoms with Crippen LogP contribution in [-0.4, -0.2) is 62.9 Å². The van der Waals surface area contributed by atoms with Crippen LogP contribution in [0.2, 0.25) is 0 Å². The second kappa shape index (κ2) is 17.4. The van der Waals surface area contributed by atoms with E-state index in [2.05, 4.69) is 55.2 Å². The van der Waals surface area contributed by atoms with Gasteiger partial charge in [0.2, 0.25) is 0 Å². The smallest absolute Gasteiger partial charge is 0.338 e. The molecule has 248 valence electrons. The molecule has 4 aromatic carbocycles. The summed E-state index contributed by atoms with van der Waals surface area (Å²) in [5.74, 6) is -1.14. The lowest BCUT2D eigenvalue weighted by atomic mass is 10.1. The van der Waals surface area contributed by atoms with E-state index in [4.69, 9.17) is 9.47 Å². The molecule has 0 spiro atoms. The van der Waals surface area contributed by atoms with E-state index in [9.17, 15) is 19.2 Å². The third-order valence-corrected chi connectivity index (χ3v) is 7.99. The van der Waals surface area contributed by atoms with E-state index >= 15 is 0 Å². The molecule has 0 fully saturated rings. The maximum atomic E-state index is 12.7. The summed E-state index contributed by atoms with van der Waals surface area (Å²) in [6.07, 6.45) is 4.13. The highest BCUT2D eigenvalue weighted by atomic mass is 16.5. The Bertz CT molecular complexity index is 1630. The number of benzene rings is 4. The summed E-state index contributed by atoms with van der Waals surface area (Å²) in [6, 6.07) is 29.2. The molecule has 4 aromatic rings. The van der Waals surface area contributed by atoms with Crippen LogP contribution < -0.4 is 9.80 Å². The van der Waals surface area contributed by atoms with Gasteiger partial charge in [0.15, 0.2) is 11.6 Å². The second-order valence-corrected chi connectivity index (χ2v) is 11.2. The third-order valence-electron chi connectivity index (χ3n) is 7.99. The van der Waals surface area contributed by atoms with E-state index in [0.717, 1.165) is 29.9 Å². The molecule has 8 heteroatoms. The molecule has 0 amide bonds. The number of esters is 2. The van der Waals surface area contributed by atoms with Gasteiger partial charge in [-0.15, -0.1) is 0 Å². The molecular formula is C40H42N2O6. The summed E-state index contributed by atoms with van der Waals surface area (Å²) >= 11 is 0. The number of rotatable bonds is 16. The largest absolute Gasteiger partial charge is 0.460 e. The highest BCUT2D eigenvalue weighted by Gasteiger charge is 2.14. The van der Waals surface area contributed by atoms with E-state index in [1.54, 1.807) is 48.5 Å². The highest BCUT2D eigenvalue weighted by Crippen LogP contribution is 2.20. The number of nitrogens with zero attached hydrogens (tertiary/aromatic N) is 2. The molecule has 0 saturated carbocycles. The number of hydrogen-bond donors (Lipinski definition) is 0. The van der Waals surface area contributed by atoms with Gasteiger partial charge in [-0.25, -0.2) is 9.59 Å². The summed E-state index contributed by atoms with van der Waals surface area (Å²) in [4.78, 5) is 52.7. The molecule has 0 bridgehead atoms. The number of ketones is 2. The average molecular weight is 647 g/mol. The summed E-state index contributed by atoms with van der Waals surface area (Å²) in [5, 5.41) is 0. The van der Waals surface area contributed by atoms with E-state index in [0.29, 0.717) is 35.3 Å². The second-order valence-electron chi connectivity index (χ2n) is 11.2. The lowest BCUT2D eigenvalue weighted by Gasteiger charge is -2.24. The lowest BCUT2D eigenvalue weighted by molar-refractivity contribution is 0.0503. The molecular weight excluding hydrogens is 604 g/mol. The molecule has 0 atom stereocenters. The van der Waals surface area contributed by atoms with Gasteiger partial charge < -0.3 is 19.3 Å². The Hall–Kier alpha value is -5.50. The van der Waals surface area contributed by atoms with Crippen LogP contribution in [0.3, 0.4) is 0 Å². The van der Waals surface area contributed by atoms with Crippen molar-refractivity contribution < 1.29 is 28.7 Å². The zero-order chi connectivity index (χ0) is 34.5. The van der Waals surface area contributed by atoms with Gasteiger partial charge in [-0.3, -0.25) is 9.59 Å². The van der Waals surface area contributed by atoms with Crippen LogP contribution in [0.25, 0.3) is 12.2 Å². The number of carbonyl (C=O) groups is 4. The highest BCUT2D eigenvalue weighted by molar-refractivity contribution is 5.96. The molecule has 0 aliphatic carbocycles. The van der Waals surface area contributed by atoms with Gasteiger partial charge in [0, 0.05) is 35.6 Å². The Morgan fingerprint density at radius 1 is 0.500 bits per heavy atom. The van der Waals surface area contributed by atoms with Crippen molar-refractivity contribution in [2.24, 2.45) is 0 Å². The molecule has 0 unspecified atom stereocenters. The van der Waals surface area contributed by atoms with Crippen molar-refractivity contribution in [2.75, 3.05) is 49.2 Å². The van der Waals surface area contributed by atoms with Crippen LogP contribution in [0.15, 0.2) is 97.1 Å². The van der Waals surface area contributed by atoms with Crippen molar-refractivity contribution in [1.82, 2.24) is 0 Å². The summed E-state index contributed by atoms with van der Waals surface area (Å²) < 4.78 is 11.1. The van der Waals surface area contributed by atoms with Crippen molar-refractivity contribution in [3.8, 4) is 0 Å². The minimum Gasteiger partial charge on any atom is -0.460 e. The molecule has 0 aromatic heterocycles. The Labute approximate surface area is 282 Å². The summed E-state index contributed by atoms with van der Waals surface area (Å²) in [5.41, 5.74) is 5.96. The Morgan fingerprint density at radius 2 is 0.833 bits per heavy atom. The van der Waals surface area contributed by atoms with Gasteiger partial charge >= 0.3 is 11.9 Å². The van der Waals surface area contributed by atoms with Crippen LogP contribution in [0, 0.1) is 0 Å². The molecule has 4 rings (SSSR count). The molecule has 0 saturated heterocycles. The quantitative estimate of drug-likeness (QED) is 0.0697.